The summed E-state index contributed by atoms with van der Waals surface area (Å²) in [5, 5.41) is 3.31. The van der Waals surface area contributed by atoms with Crippen molar-refractivity contribution in [2.45, 2.75) is 26.2 Å². The molecule has 120 valence electrons. The number of nitrogens with one attached hydrogen (secondary N) is 2. The number of likely N-dealkylation sites (N-methyl/N-ethyl adjacent to an activating group) is 1. The number of nitrogen functional groups attached to an aromatic ring is 1. The summed E-state index contributed by atoms with van der Waals surface area (Å²) in [6.07, 6.45) is 0. The summed E-state index contributed by atoms with van der Waals surface area (Å²) in [6, 6.07) is 1.81. The van der Waals surface area contributed by atoms with Crippen LogP contribution in [-0.2, 0) is 10.2 Å². The molecule has 1 aromatic rings. The number of methoxy groups -OCH3 is 1. The van der Waals surface area contributed by atoms with Crippen LogP contribution in [0.3, 0.4) is 0 Å². The van der Waals surface area contributed by atoms with Gasteiger partial charge in [-0.25, -0.2) is 15.8 Å². The van der Waals surface area contributed by atoms with E-state index in [1.165, 1.54) is 0 Å². The van der Waals surface area contributed by atoms with Crippen molar-refractivity contribution in [2.75, 3.05) is 51.1 Å². The Morgan fingerprint density at radius 3 is 2.48 bits per heavy atom. The van der Waals surface area contributed by atoms with Crippen molar-refractivity contribution in [1.29, 1.82) is 0 Å². The Hall–Kier alpha value is -1.44. The van der Waals surface area contributed by atoms with Crippen LogP contribution in [0.5, 0.6) is 0 Å². The van der Waals surface area contributed by atoms with Gasteiger partial charge >= 0.3 is 0 Å². The van der Waals surface area contributed by atoms with Gasteiger partial charge in [0.25, 0.3) is 0 Å². The van der Waals surface area contributed by atoms with E-state index in [1.54, 1.807) is 7.11 Å². The highest BCUT2D eigenvalue weighted by molar-refractivity contribution is 5.47. The number of nitrogens with two attached hydrogens (primary N) is 1. The summed E-state index contributed by atoms with van der Waals surface area (Å²) >= 11 is 0. The second kappa shape index (κ2) is 8.11. The van der Waals surface area contributed by atoms with E-state index in [2.05, 4.69) is 53.4 Å². The quantitative estimate of drug-likeness (QED) is 0.488. The lowest BCUT2D eigenvalue weighted by Gasteiger charge is -2.20. The number of ether oxygens (including phenoxy) is 1. The molecule has 0 aromatic carbocycles. The van der Waals surface area contributed by atoms with Crippen LogP contribution in [0.25, 0.3) is 0 Å². The molecule has 0 fully saturated rings. The van der Waals surface area contributed by atoms with Crippen LogP contribution in [0.1, 0.15) is 26.6 Å². The third kappa shape index (κ3) is 6.24. The standard InChI is InChI=1S/C14H28N6O/c1-14(2,3)13-17-11(10-12(18-13)19-15)16-6-7-20(4)8-9-21-5/h10H,6-9,15H2,1-5H3,(H2,16,17,18,19). The summed E-state index contributed by atoms with van der Waals surface area (Å²) < 4.78 is 5.06. The molecule has 0 aliphatic carbocycles. The average Bonchev–Trinajstić information content (AvgIpc) is 2.43. The molecule has 0 spiro atoms. The number of rotatable bonds is 8. The van der Waals surface area contributed by atoms with Gasteiger partial charge < -0.3 is 20.4 Å². The Bertz CT molecular complexity index is 432. The number of hydrogen-bond donors (Lipinski definition) is 3. The van der Waals surface area contributed by atoms with E-state index >= 15 is 0 Å². The third-order valence-corrected chi connectivity index (χ3v) is 3.02. The predicted molar refractivity (Wildman–Crippen MR) is 86.4 cm³/mol. The van der Waals surface area contributed by atoms with E-state index in [0.717, 1.165) is 37.9 Å². The molecular formula is C14H28N6O. The molecule has 21 heavy (non-hydrogen) atoms. The van der Waals surface area contributed by atoms with Crippen molar-refractivity contribution in [3.05, 3.63) is 11.9 Å². The van der Waals surface area contributed by atoms with Crippen molar-refractivity contribution in [3.63, 3.8) is 0 Å². The van der Waals surface area contributed by atoms with Gasteiger partial charge in [0, 0.05) is 38.2 Å². The normalized spacial score (nSPS) is 11.8. The van der Waals surface area contributed by atoms with E-state index in [0.29, 0.717) is 5.82 Å². The summed E-state index contributed by atoms with van der Waals surface area (Å²) in [7, 11) is 3.77. The van der Waals surface area contributed by atoms with Crippen molar-refractivity contribution >= 4 is 11.6 Å². The van der Waals surface area contributed by atoms with Gasteiger partial charge in [-0.1, -0.05) is 20.8 Å². The number of aromatic nitrogens is 2. The lowest BCUT2D eigenvalue weighted by molar-refractivity contribution is 0.163. The minimum Gasteiger partial charge on any atom is -0.383 e. The zero-order valence-corrected chi connectivity index (χ0v) is 13.7. The fourth-order valence-corrected chi connectivity index (χ4v) is 1.68. The van der Waals surface area contributed by atoms with Crippen LogP contribution in [-0.4, -0.2) is 55.3 Å². The molecule has 0 aliphatic rings. The topological polar surface area (TPSA) is 88.3 Å². The maximum Gasteiger partial charge on any atom is 0.145 e. The summed E-state index contributed by atoms with van der Waals surface area (Å²) in [5.41, 5.74) is 2.46. The van der Waals surface area contributed by atoms with Crippen molar-refractivity contribution in [2.24, 2.45) is 5.84 Å². The molecule has 0 saturated carbocycles. The molecular weight excluding hydrogens is 268 g/mol. The van der Waals surface area contributed by atoms with Gasteiger partial charge in [0.1, 0.15) is 17.5 Å². The maximum atomic E-state index is 5.47. The zero-order valence-electron chi connectivity index (χ0n) is 13.7. The Labute approximate surface area is 127 Å². The van der Waals surface area contributed by atoms with Crippen LogP contribution >= 0.6 is 0 Å². The highest BCUT2D eigenvalue weighted by Crippen LogP contribution is 2.21. The van der Waals surface area contributed by atoms with Gasteiger partial charge in [-0.2, -0.15) is 0 Å². The van der Waals surface area contributed by atoms with E-state index in [1.807, 2.05) is 6.07 Å². The second-order valence-corrected chi connectivity index (χ2v) is 6.08. The van der Waals surface area contributed by atoms with E-state index in [4.69, 9.17) is 10.6 Å². The molecule has 0 amide bonds. The van der Waals surface area contributed by atoms with Gasteiger partial charge in [-0.05, 0) is 7.05 Å². The van der Waals surface area contributed by atoms with Gasteiger partial charge in [-0.3, -0.25) is 0 Å². The molecule has 1 aromatic heterocycles. The fraction of sp³-hybridized carbons (Fsp3) is 0.714. The monoisotopic (exact) mass is 296 g/mol. The SMILES string of the molecule is COCCN(C)CCNc1cc(NN)nc(C(C)(C)C)n1. The highest BCUT2D eigenvalue weighted by atomic mass is 16.5. The summed E-state index contributed by atoms with van der Waals surface area (Å²) in [4.78, 5) is 11.1. The minimum absolute atomic E-state index is 0.126. The van der Waals surface area contributed by atoms with Crippen LogP contribution < -0.4 is 16.6 Å². The third-order valence-electron chi connectivity index (χ3n) is 3.02. The Morgan fingerprint density at radius 1 is 1.24 bits per heavy atom. The fourth-order valence-electron chi connectivity index (χ4n) is 1.68. The van der Waals surface area contributed by atoms with Gasteiger partial charge in [0.2, 0.25) is 0 Å². The number of hydrogen-bond acceptors (Lipinski definition) is 7. The second-order valence-electron chi connectivity index (χ2n) is 6.08. The molecule has 1 heterocycles. The molecule has 0 bridgehead atoms. The van der Waals surface area contributed by atoms with E-state index in [9.17, 15) is 0 Å². The molecule has 0 atom stereocenters. The van der Waals surface area contributed by atoms with Gasteiger partial charge in [0.15, 0.2) is 0 Å². The van der Waals surface area contributed by atoms with Gasteiger partial charge in [0.05, 0.1) is 6.61 Å². The van der Waals surface area contributed by atoms with Crippen LogP contribution in [0.4, 0.5) is 11.6 Å². The van der Waals surface area contributed by atoms with Crippen LogP contribution in [0.15, 0.2) is 6.07 Å². The van der Waals surface area contributed by atoms with Crippen molar-refractivity contribution in [3.8, 4) is 0 Å². The first-order chi connectivity index (χ1) is 9.86. The molecule has 0 radical (unpaired) electrons. The molecule has 4 N–H and O–H groups in total. The molecule has 0 aliphatic heterocycles. The largest absolute Gasteiger partial charge is 0.383 e. The van der Waals surface area contributed by atoms with E-state index < -0.39 is 0 Å². The first-order valence-electron chi connectivity index (χ1n) is 7.14. The lowest BCUT2D eigenvalue weighted by atomic mass is 9.96. The number of hydrazine groups is 1. The first kappa shape index (κ1) is 17.6. The van der Waals surface area contributed by atoms with Crippen molar-refractivity contribution < 1.29 is 4.74 Å². The van der Waals surface area contributed by atoms with Crippen LogP contribution in [0.2, 0.25) is 0 Å². The highest BCUT2D eigenvalue weighted by Gasteiger charge is 2.19. The minimum atomic E-state index is -0.126. The van der Waals surface area contributed by atoms with Crippen molar-refractivity contribution in [1.82, 2.24) is 14.9 Å². The molecule has 1 rings (SSSR count). The first-order valence-corrected chi connectivity index (χ1v) is 7.14. The predicted octanol–water partition coefficient (Wildman–Crippen LogP) is 1.05. The Morgan fingerprint density at radius 2 is 1.90 bits per heavy atom. The Kier molecular flexibility index (Phi) is 6.80. The number of nitrogens with zero attached hydrogens (tertiary/aromatic N) is 3. The smallest absolute Gasteiger partial charge is 0.145 e. The Balaban J connectivity index is 2.62. The summed E-state index contributed by atoms with van der Waals surface area (Å²) in [6.45, 7) is 9.57. The van der Waals surface area contributed by atoms with Crippen LogP contribution in [0, 0.1) is 0 Å². The molecule has 0 saturated heterocycles. The maximum absolute atomic E-state index is 5.47. The van der Waals surface area contributed by atoms with E-state index in [-0.39, 0.29) is 5.41 Å². The molecule has 7 heteroatoms. The summed E-state index contributed by atoms with van der Waals surface area (Å²) in [5.74, 6) is 7.63. The lowest BCUT2D eigenvalue weighted by Crippen LogP contribution is -2.28. The average molecular weight is 296 g/mol. The zero-order chi connectivity index (χ0) is 15.9. The van der Waals surface area contributed by atoms with Gasteiger partial charge in [-0.15, -0.1) is 0 Å². The number of anilines is 2. The molecule has 7 nitrogen and oxygen atoms in total. The molecule has 0 unspecified atom stereocenters.